The number of aromatic nitrogens is 2. The number of halogens is 3. The zero-order valence-corrected chi connectivity index (χ0v) is 11.0. The summed E-state index contributed by atoms with van der Waals surface area (Å²) in [5, 5.41) is 0. The van der Waals surface area contributed by atoms with E-state index >= 15 is 0 Å². The first kappa shape index (κ1) is 14.4. The average molecular weight is 284 g/mol. The van der Waals surface area contributed by atoms with Crippen LogP contribution in [-0.4, -0.2) is 9.13 Å². The number of imidazole rings is 1. The van der Waals surface area contributed by atoms with Crippen LogP contribution in [0.2, 0.25) is 0 Å². The first-order valence-corrected chi connectivity index (χ1v) is 6.33. The van der Waals surface area contributed by atoms with Crippen LogP contribution in [0.1, 0.15) is 24.5 Å². The van der Waals surface area contributed by atoms with Crippen molar-refractivity contribution in [1.82, 2.24) is 9.13 Å². The lowest BCUT2D eigenvalue weighted by molar-refractivity contribution is -0.137. The Morgan fingerprint density at radius 2 is 1.85 bits per heavy atom. The molecule has 2 aromatic rings. The van der Waals surface area contributed by atoms with Crippen molar-refractivity contribution in [2.24, 2.45) is 0 Å². The molecule has 0 fully saturated rings. The molecule has 6 heteroatoms. The Hall–Kier alpha value is -1.98. The van der Waals surface area contributed by atoms with Crippen molar-refractivity contribution in [3.63, 3.8) is 0 Å². The van der Waals surface area contributed by atoms with Crippen LogP contribution >= 0.6 is 0 Å². The molecule has 0 atom stereocenters. The van der Waals surface area contributed by atoms with E-state index in [2.05, 4.69) is 0 Å². The highest BCUT2D eigenvalue weighted by Crippen LogP contribution is 2.29. The van der Waals surface area contributed by atoms with Crippen LogP contribution in [0.3, 0.4) is 0 Å². The largest absolute Gasteiger partial charge is 0.416 e. The fourth-order valence-electron chi connectivity index (χ4n) is 2.03. The molecule has 1 aromatic carbocycles. The van der Waals surface area contributed by atoms with E-state index in [4.69, 9.17) is 0 Å². The monoisotopic (exact) mass is 284 g/mol. The molecule has 2 rings (SSSR count). The van der Waals surface area contributed by atoms with Gasteiger partial charge in [-0.05, 0) is 24.1 Å². The summed E-state index contributed by atoms with van der Waals surface area (Å²) >= 11 is 0. The third-order valence-electron chi connectivity index (χ3n) is 2.99. The number of benzene rings is 1. The summed E-state index contributed by atoms with van der Waals surface area (Å²) in [5.74, 6) is 0. The molecule has 1 heterocycles. The van der Waals surface area contributed by atoms with Gasteiger partial charge in [-0.1, -0.05) is 19.1 Å². The van der Waals surface area contributed by atoms with E-state index in [1.165, 1.54) is 10.6 Å². The number of alkyl halides is 3. The molecule has 0 spiro atoms. The Balaban J connectivity index is 2.25. The Morgan fingerprint density at radius 3 is 2.50 bits per heavy atom. The van der Waals surface area contributed by atoms with E-state index in [0.717, 1.165) is 18.6 Å². The van der Waals surface area contributed by atoms with Crippen molar-refractivity contribution >= 4 is 0 Å². The lowest BCUT2D eigenvalue weighted by Gasteiger charge is -2.08. The van der Waals surface area contributed by atoms with Crippen molar-refractivity contribution in [2.75, 3.05) is 0 Å². The van der Waals surface area contributed by atoms with Gasteiger partial charge in [0.15, 0.2) is 0 Å². The highest BCUT2D eigenvalue weighted by Gasteiger charge is 2.30. The van der Waals surface area contributed by atoms with Gasteiger partial charge in [-0.3, -0.25) is 9.13 Å². The molecule has 0 aliphatic rings. The molecule has 0 N–H and O–H groups in total. The van der Waals surface area contributed by atoms with E-state index in [-0.39, 0.29) is 12.2 Å². The van der Waals surface area contributed by atoms with Gasteiger partial charge in [-0.2, -0.15) is 13.2 Å². The first-order valence-electron chi connectivity index (χ1n) is 6.33. The van der Waals surface area contributed by atoms with Crippen molar-refractivity contribution in [3.8, 4) is 0 Å². The Labute approximate surface area is 114 Å². The predicted molar refractivity (Wildman–Crippen MR) is 69.5 cm³/mol. The average Bonchev–Trinajstić information content (AvgIpc) is 2.72. The number of nitrogens with zero attached hydrogens (tertiary/aromatic N) is 2. The van der Waals surface area contributed by atoms with Gasteiger partial charge in [-0.15, -0.1) is 0 Å². The molecule has 0 aliphatic carbocycles. The summed E-state index contributed by atoms with van der Waals surface area (Å²) in [4.78, 5) is 11.9. The molecule has 0 saturated carbocycles. The zero-order chi connectivity index (χ0) is 14.8. The molecule has 0 radical (unpaired) electrons. The molecule has 3 nitrogen and oxygen atoms in total. The summed E-state index contributed by atoms with van der Waals surface area (Å²) in [7, 11) is 0. The van der Waals surface area contributed by atoms with Crippen LogP contribution in [-0.2, 0) is 19.3 Å². The molecule has 20 heavy (non-hydrogen) atoms. The van der Waals surface area contributed by atoms with Gasteiger partial charge in [0.25, 0.3) is 0 Å². The summed E-state index contributed by atoms with van der Waals surface area (Å²) in [5.41, 5.74) is -0.448. The van der Waals surface area contributed by atoms with Crippen LogP contribution in [0.4, 0.5) is 13.2 Å². The maximum atomic E-state index is 12.6. The Bertz CT molecular complexity index is 640. The van der Waals surface area contributed by atoms with E-state index in [1.807, 2.05) is 6.92 Å². The minimum atomic E-state index is -4.37. The van der Waals surface area contributed by atoms with Crippen LogP contribution in [0.15, 0.2) is 41.5 Å². The maximum Gasteiger partial charge on any atom is 0.416 e. The molecule has 0 unspecified atom stereocenters. The smallest absolute Gasteiger partial charge is 0.299 e. The van der Waals surface area contributed by atoms with Gasteiger partial charge >= 0.3 is 11.9 Å². The van der Waals surface area contributed by atoms with E-state index in [9.17, 15) is 18.0 Å². The van der Waals surface area contributed by atoms with Crippen LogP contribution < -0.4 is 5.69 Å². The SMILES string of the molecule is CCCn1ccn(Cc2cccc(C(F)(F)F)c2)c1=O. The number of hydrogen-bond donors (Lipinski definition) is 0. The molecular weight excluding hydrogens is 269 g/mol. The van der Waals surface area contributed by atoms with Gasteiger partial charge in [0.2, 0.25) is 0 Å². The molecule has 0 saturated heterocycles. The van der Waals surface area contributed by atoms with Gasteiger partial charge in [0, 0.05) is 18.9 Å². The third kappa shape index (κ3) is 3.12. The summed E-state index contributed by atoms with van der Waals surface area (Å²) in [6.07, 6.45) is -0.291. The summed E-state index contributed by atoms with van der Waals surface area (Å²) < 4.78 is 40.8. The second-order valence-electron chi connectivity index (χ2n) is 4.60. The molecule has 1 aromatic heterocycles. The number of hydrogen-bond acceptors (Lipinski definition) is 1. The molecule has 0 bridgehead atoms. The highest BCUT2D eigenvalue weighted by molar-refractivity contribution is 5.25. The molecule has 0 amide bonds. The van der Waals surface area contributed by atoms with Gasteiger partial charge in [-0.25, -0.2) is 4.79 Å². The van der Waals surface area contributed by atoms with Gasteiger partial charge < -0.3 is 0 Å². The lowest BCUT2D eigenvalue weighted by Crippen LogP contribution is -2.24. The Morgan fingerprint density at radius 1 is 1.15 bits per heavy atom. The number of aryl methyl sites for hydroxylation is 1. The van der Waals surface area contributed by atoms with Crippen LogP contribution in [0.25, 0.3) is 0 Å². The second-order valence-corrected chi connectivity index (χ2v) is 4.60. The minimum Gasteiger partial charge on any atom is -0.299 e. The second kappa shape index (κ2) is 5.56. The topological polar surface area (TPSA) is 26.9 Å². The lowest BCUT2D eigenvalue weighted by atomic mass is 10.1. The van der Waals surface area contributed by atoms with E-state index in [1.54, 1.807) is 23.0 Å². The maximum absolute atomic E-state index is 12.6. The normalized spacial score (nSPS) is 11.8. The van der Waals surface area contributed by atoms with Gasteiger partial charge in [0.05, 0.1) is 12.1 Å². The summed E-state index contributed by atoms with van der Waals surface area (Å²) in [6, 6.07) is 5.03. The Kier molecular flexibility index (Phi) is 4.01. The van der Waals surface area contributed by atoms with Crippen molar-refractivity contribution in [1.29, 1.82) is 0 Å². The third-order valence-corrected chi connectivity index (χ3v) is 2.99. The van der Waals surface area contributed by atoms with Gasteiger partial charge in [0.1, 0.15) is 0 Å². The molecule has 0 aliphatic heterocycles. The fourth-order valence-corrected chi connectivity index (χ4v) is 2.03. The van der Waals surface area contributed by atoms with Crippen molar-refractivity contribution in [3.05, 3.63) is 58.3 Å². The van der Waals surface area contributed by atoms with Crippen molar-refractivity contribution in [2.45, 2.75) is 32.6 Å². The molecular formula is C14H15F3N2O. The quantitative estimate of drug-likeness (QED) is 0.847. The van der Waals surface area contributed by atoms with Crippen molar-refractivity contribution < 1.29 is 13.2 Å². The van der Waals surface area contributed by atoms with E-state index < -0.39 is 11.7 Å². The van der Waals surface area contributed by atoms with E-state index in [0.29, 0.717) is 12.1 Å². The minimum absolute atomic E-state index is 0.138. The first-order chi connectivity index (χ1) is 9.41. The standard InChI is InChI=1S/C14H15F3N2O/c1-2-6-18-7-8-19(13(18)20)10-11-4-3-5-12(9-11)14(15,16)17/h3-5,7-9H,2,6,10H2,1H3. The molecule has 108 valence electrons. The van der Waals surface area contributed by atoms with Crippen LogP contribution in [0.5, 0.6) is 0 Å². The fraction of sp³-hybridized carbons (Fsp3) is 0.357. The zero-order valence-electron chi connectivity index (χ0n) is 11.0. The van der Waals surface area contributed by atoms with Crippen LogP contribution in [0, 0.1) is 0 Å². The highest BCUT2D eigenvalue weighted by atomic mass is 19.4. The number of rotatable bonds is 4. The summed E-state index contributed by atoms with van der Waals surface area (Å²) in [6.45, 7) is 2.70. The predicted octanol–water partition coefficient (Wildman–Crippen LogP) is 3.13.